The fraction of sp³-hybridized carbons (Fsp3) is 0.435. The van der Waals surface area contributed by atoms with Gasteiger partial charge in [-0.2, -0.15) is 0 Å². The van der Waals surface area contributed by atoms with Crippen LogP contribution in [0, 0.1) is 6.92 Å². The number of hydrogen-bond acceptors (Lipinski definition) is 4. The van der Waals surface area contributed by atoms with Crippen LogP contribution in [0.2, 0.25) is 0 Å². The molecule has 1 saturated carbocycles. The Kier molecular flexibility index (Phi) is 5.27. The SMILES string of the molecule is Cc1ccc(Nc2cc(N[C@@H]3CCCC[C@@H]3N)cc3[nH]ccc23)nc1C(C)C. The Morgan fingerprint density at radius 2 is 1.96 bits per heavy atom. The van der Waals surface area contributed by atoms with Crippen molar-refractivity contribution in [1.82, 2.24) is 9.97 Å². The van der Waals surface area contributed by atoms with E-state index in [-0.39, 0.29) is 6.04 Å². The number of hydrogen-bond donors (Lipinski definition) is 4. The molecule has 0 amide bonds. The molecular weight excluding hydrogens is 346 g/mol. The van der Waals surface area contributed by atoms with Crippen LogP contribution in [-0.4, -0.2) is 22.1 Å². The highest BCUT2D eigenvalue weighted by Gasteiger charge is 2.22. The minimum atomic E-state index is 0.219. The number of fused-ring (bicyclic) bond motifs is 1. The summed E-state index contributed by atoms with van der Waals surface area (Å²) in [7, 11) is 0. The van der Waals surface area contributed by atoms with Crippen molar-refractivity contribution in [3.05, 3.63) is 47.8 Å². The average molecular weight is 378 g/mol. The Hall–Kier alpha value is -2.53. The van der Waals surface area contributed by atoms with Crippen molar-refractivity contribution in [2.45, 2.75) is 64.5 Å². The number of H-pyrrole nitrogens is 1. The Labute approximate surface area is 167 Å². The van der Waals surface area contributed by atoms with Crippen LogP contribution in [-0.2, 0) is 0 Å². The van der Waals surface area contributed by atoms with E-state index >= 15 is 0 Å². The van der Waals surface area contributed by atoms with Crippen LogP contribution >= 0.6 is 0 Å². The van der Waals surface area contributed by atoms with E-state index in [1.807, 2.05) is 6.20 Å². The van der Waals surface area contributed by atoms with Crippen molar-refractivity contribution >= 4 is 28.1 Å². The second kappa shape index (κ2) is 7.84. The molecule has 5 heteroatoms. The van der Waals surface area contributed by atoms with Crippen molar-refractivity contribution < 1.29 is 0 Å². The molecule has 3 aromatic rings. The summed E-state index contributed by atoms with van der Waals surface area (Å²) in [6.07, 6.45) is 6.68. The molecule has 2 heterocycles. The third kappa shape index (κ3) is 3.85. The van der Waals surface area contributed by atoms with E-state index in [4.69, 9.17) is 10.7 Å². The third-order valence-corrected chi connectivity index (χ3v) is 5.79. The summed E-state index contributed by atoms with van der Waals surface area (Å²) in [5.74, 6) is 1.28. The van der Waals surface area contributed by atoms with Crippen molar-refractivity contribution in [1.29, 1.82) is 0 Å². The molecule has 28 heavy (non-hydrogen) atoms. The number of aromatic amines is 1. The minimum Gasteiger partial charge on any atom is -0.381 e. The maximum atomic E-state index is 6.34. The molecule has 0 saturated heterocycles. The second-order valence-electron chi connectivity index (χ2n) is 8.34. The van der Waals surface area contributed by atoms with E-state index in [1.54, 1.807) is 0 Å². The fourth-order valence-corrected chi connectivity index (χ4v) is 4.24. The number of nitrogens with two attached hydrogens (primary N) is 1. The zero-order valence-corrected chi connectivity index (χ0v) is 17.0. The summed E-state index contributed by atoms with van der Waals surface area (Å²) in [6.45, 7) is 6.48. The molecular formula is C23H31N5. The average Bonchev–Trinajstić information content (AvgIpc) is 3.14. The summed E-state index contributed by atoms with van der Waals surface area (Å²) in [6, 6.07) is 11.2. The van der Waals surface area contributed by atoms with E-state index < -0.39 is 0 Å². The lowest BCUT2D eigenvalue weighted by Gasteiger charge is -2.30. The third-order valence-electron chi connectivity index (χ3n) is 5.79. The van der Waals surface area contributed by atoms with Crippen LogP contribution in [0.1, 0.15) is 56.7 Å². The highest BCUT2D eigenvalue weighted by Crippen LogP contribution is 2.32. The number of aromatic nitrogens is 2. The number of anilines is 3. The number of rotatable bonds is 5. The molecule has 4 rings (SSSR count). The maximum absolute atomic E-state index is 6.34. The molecule has 1 aliphatic carbocycles. The van der Waals surface area contributed by atoms with Gasteiger partial charge in [-0.15, -0.1) is 0 Å². The zero-order chi connectivity index (χ0) is 19.7. The normalized spacial score (nSPS) is 19.9. The fourth-order valence-electron chi connectivity index (χ4n) is 4.24. The first kappa shape index (κ1) is 18.8. The molecule has 2 atom stereocenters. The monoisotopic (exact) mass is 377 g/mol. The predicted molar refractivity (Wildman–Crippen MR) is 118 cm³/mol. The number of nitrogens with one attached hydrogen (secondary N) is 3. The number of nitrogens with zero attached hydrogens (tertiary/aromatic N) is 1. The van der Waals surface area contributed by atoms with Gasteiger partial charge in [-0.1, -0.05) is 32.8 Å². The summed E-state index contributed by atoms with van der Waals surface area (Å²) in [5.41, 5.74) is 12.0. The molecule has 0 aliphatic heterocycles. The lowest BCUT2D eigenvalue weighted by Crippen LogP contribution is -2.42. The lowest BCUT2D eigenvalue weighted by atomic mass is 9.91. The summed E-state index contributed by atoms with van der Waals surface area (Å²) in [5, 5.41) is 8.37. The van der Waals surface area contributed by atoms with E-state index in [0.29, 0.717) is 12.0 Å². The first-order valence-corrected chi connectivity index (χ1v) is 10.4. The van der Waals surface area contributed by atoms with Gasteiger partial charge in [0, 0.05) is 40.6 Å². The van der Waals surface area contributed by atoms with Crippen molar-refractivity contribution in [2.75, 3.05) is 10.6 Å². The van der Waals surface area contributed by atoms with Gasteiger partial charge < -0.3 is 21.4 Å². The lowest BCUT2D eigenvalue weighted by molar-refractivity contribution is 0.404. The van der Waals surface area contributed by atoms with Crippen molar-refractivity contribution in [3.63, 3.8) is 0 Å². The first-order valence-electron chi connectivity index (χ1n) is 10.4. The van der Waals surface area contributed by atoms with Crippen LogP contribution in [0.15, 0.2) is 36.5 Å². The van der Waals surface area contributed by atoms with Crippen LogP contribution in [0.25, 0.3) is 10.9 Å². The molecule has 1 aliphatic rings. The minimum absolute atomic E-state index is 0.219. The van der Waals surface area contributed by atoms with Crippen LogP contribution in [0.3, 0.4) is 0 Å². The maximum Gasteiger partial charge on any atom is 0.130 e. The Bertz CT molecular complexity index is 959. The van der Waals surface area contributed by atoms with Gasteiger partial charge in [0.1, 0.15) is 5.82 Å². The standard InChI is InChI=1S/C23H31N5/c1-14(2)23-15(3)8-9-22(28-23)27-21-13-16(12-20-17(21)10-11-25-20)26-19-7-5-4-6-18(19)24/h8-14,18-19,25-26H,4-7,24H2,1-3H3,(H,27,28)/t18-,19+/m0/s1. The molecule has 0 unspecified atom stereocenters. The van der Waals surface area contributed by atoms with Crippen molar-refractivity contribution in [2.24, 2.45) is 5.73 Å². The predicted octanol–water partition coefficient (Wildman–Crippen LogP) is 5.42. The van der Waals surface area contributed by atoms with Crippen LogP contribution < -0.4 is 16.4 Å². The van der Waals surface area contributed by atoms with E-state index in [0.717, 1.165) is 46.6 Å². The molecule has 0 bridgehead atoms. The largest absolute Gasteiger partial charge is 0.381 e. The van der Waals surface area contributed by atoms with Gasteiger partial charge in [0.05, 0.1) is 5.69 Å². The van der Waals surface area contributed by atoms with Crippen molar-refractivity contribution in [3.8, 4) is 0 Å². The molecule has 5 N–H and O–H groups in total. The zero-order valence-electron chi connectivity index (χ0n) is 17.0. The van der Waals surface area contributed by atoms with Crippen LogP contribution in [0.4, 0.5) is 17.2 Å². The second-order valence-corrected chi connectivity index (χ2v) is 8.34. The Balaban J connectivity index is 1.65. The first-order chi connectivity index (χ1) is 13.5. The summed E-state index contributed by atoms with van der Waals surface area (Å²) < 4.78 is 0. The molecule has 2 aromatic heterocycles. The molecule has 148 valence electrons. The van der Waals surface area contributed by atoms with E-state index in [1.165, 1.54) is 18.4 Å². The summed E-state index contributed by atoms with van der Waals surface area (Å²) >= 11 is 0. The number of aryl methyl sites for hydroxylation is 1. The van der Waals surface area contributed by atoms with Gasteiger partial charge in [0.25, 0.3) is 0 Å². The molecule has 5 nitrogen and oxygen atoms in total. The molecule has 0 radical (unpaired) electrons. The van der Waals surface area contributed by atoms with Gasteiger partial charge in [-0.05, 0) is 55.5 Å². The number of benzene rings is 1. The smallest absolute Gasteiger partial charge is 0.130 e. The Morgan fingerprint density at radius 1 is 1.14 bits per heavy atom. The molecule has 1 fully saturated rings. The number of pyridine rings is 1. The highest BCUT2D eigenvalue weighted by atomic mass is 15.0. The van der Waals surface area contributed by atoms with E-state index in [9.17, 15) is 0 Å². The molecule has 1 aromatic carbocycles. The molecule has 0 spiro atoms. The summed E-state index contributed by atoms with van der Waals surface area (Å²) in [4.78, 5) is 8.20. The highest BCUT2D eigenvalue weighted by molar-refractivity contribution is 5.96. The topological polar surface area (TPSA) is 78.8 Å². The van der Waals surface area contributed by atoms with Gasteiger partial charge in [-0.3, -0.25) is 0 Å². The quantitative estimate of drug-likeness (QED) is 0.479. The van der Waals surface area contributed by atoms with Crippen LogP contribution in [0.5, 0.6) is 0 Å². The van der Waals surface area contributed by atoms with Gasteiger partial charge >= 0.3 is 0 Å². The Morgan fingerprint density at radius 3 is 2.75 bits per heavy atom. The van der Waals surface area contributed by atoms with Gasteiger partial charge in [0.15, 0.2) is 0 Å². The van der Waals surface area contributed by atoms with Gasteiger partial charge in [-0.25, -0.2) is 4.98 Å². The van der Waals surface area contributed by atoms with E-state index in [2.05, 4.69) is 66.7 Å². The van der Waals surface area contributed by atoms with Gasteiger partial charge in [0.2, 0.25) is 0 Å².